The molecule has 3 heterocycles. The zero-order chi connectivity index (χ0) is 17.6. The Balaban J connectivity index is 1.76. The van der Waals surface area contributed by atoms with E-state index < -0.39 is 11.6 Å². The van der Waals surface area contributed by atoms with Crippen molar-refractivity contribution in [3.05, 3.63) is 75.3 Å². The second-order valence-electron chi connectivity index (χ2n) is 6.39. The Hall–Kier alpha value is -2.76. The van der Waals surface area contributed by atoms with Crippen molar-refractivity contribution in [2.75, 3.05) is 11.4 Å². The van der Waals surface area contributed by atoms with Crippen molar-refractivity contribution in [2.24, 2.45) is 0 Å². The van der Waals surface area contributed by atoms with E-state index in [2.05, 4.69) is 4.98 Å². The van der Waals surface area contributed by atoms with Crippen LogP contribution in [0.2, 0.25) is 0 Å². The number of hydrogen-bond acceptors (Lipinski definition) is 3. The SMILES string of the molecule is Cc1cccn2c(=O)cc(CN3CCCc4cc(F)cc(F)c43)nc12. The third-order valence-electron chi connectivity index (χ3n) is 4.59. The number of anilines is 1. The molecule has 25 heavy (non-hydrogen) atoms. The van der Waals surface area contributed by atoms with Crippen LogP contribution in [0.25, 0.3) is 5.65 Å². The largest absolute Gasteiger partial charge is 0.363 e. The summed E-state index contributed by atoms with van der Waals surface area (Å²) >= 11 is 0. The lowest BCUT2D eigenvalue weighted by Crippen LogP contribution is -2.31. The van der Waals surface area contributed by atoms with Gasteiger partial charge >= 0.3 is 0 Å². The van der Waals surface area contributed by atoms with E-state index in [0.717, 1.165) is 18.1 Å². The molecular formula is C19H17F2N3O. The molecule has 3 aromatic rings. The molecule has 1 aliphatic rings. The molecular weight excluding hydrogens is 324 g/mol. The van der Waals surface area contributed by atoms with Crippen LogP contribution in [0.1, 0.15) is 23.2 Å². The lowest BCUT2D eigenvalue weighted by Gasteiger charge is -2.31. The van der Waals surface area contributed by atoms with Gasteiger partial charge in [-0.1, -0.05) is 6.07 Å². The molecule has 1 aliphatic heterocycles. The minimum atomic E-state index is -0.566. The first-order valence-corrected chi connectivity index (χ1v) is 8.24. The summed E-state index contributed by atoms with van der Waals surface area (Å²) in [4.78, 5) is 18.7. The van der Waals surface area contributed by atoms with Crippen molar-refractivity contribution in [3.63, 3.8) is 0 Å². The maximum atomic E-state index is 14.3. The Morgan fingerprint density at radius 2 is 2.08 bits per heavy atom. The third kappa shape index (κ3) is 2.77. The predicted molar refractivity (Wildman–Crippen MR) is 91.9 cm³/mol. The van der Waals surface area contributed by atoms with Crippen LogP contribution in [0, 0.1) is 18.6 Å². The van der Waals surface area contributed by atoms with Crippen molar-refractivity contribution in [2.45, 2.75) is 26.3 Å². The standard InChI is InChI=1S/C19H17F2N3O/c1-12-4-2-7-24-17(25)10-15(22-19(12)24)11-23-6-3-5-13-8-14(20)9-16(21)18(13)23/h2,4,7-10H,3,5-6,11H2,1H3. The number of nitrogens with zero attached hydrogens (tertiary/aromatic N) is 3. The quantitative estimate of drug-likeness (QED) is 0.718. The van der Waals surface area contributed by atoms with Crippen molar-refractivity contribution >= 4 is 11.3 Å². The van der Waals surface area contributed by atoms with E-state index in [1.54, 1.807) is 12.3 Å². The smallest absolute Gasteiger partial charge is 0.258 e. The molecule has 0 fully saturated rings. The number of halogens is 2. The van der Waals surface area contributed by atoms with E-state index in [0.29, 0.717) is 42.1 Å². The first kappa shape index (κ1) is 15.7. The number of aromatic nitrogens is 2. The van der Waals surface area contributed by atoms with E-state index in [1.165, 1.54) is 16.5 Å². The van der Waals surface area contributed by atoms with E-state index in [4.69, 9.17) is 0 Å². The van der Waals surface area contributed by atoms with E-state index in [1.807, 2.05) is 17.9 Å². The molecule has 0 amide bonds. The van der Waals surface area contributed by atoms with Crippen LogP contribution in [-0.2, 0) is 13.0 Å². The summed E-state index contributed by atoms with van der Waals surface area (Å²) in [6.07, 6.45) is 3.13. The van der Waals surface area contributed by atoms with Gasteiger partial charge in [0.2, 0.25) is 0 Å². The number of hydrogen-bond donors (Lipinski definition) is 0. The summed E-state index contributed by atoms with van der Waals surface area (Å²) in [5.74, 6) is -1.13. The molecule has 0 atom stereocenters. The topological polar surface area (TPSA) is 37.6 Å². The fraction of sp³-hybridized carbons (Fsp3) is 0.263. The van der Waals surface area contributed by atoms with Crippen molar-refractivity contribution in [1.29, 1.82) is 0 Å². The fourth-order valence-corrected chi connectivity index (χ4v) is 3.48. The van der Waals surface area contributed by atoms with Crippen LogP contribution in [0.5, 0.6) is 0 Å². The second-order valence-corrected chi connectivity index (χ2v) is 6.39. The molecule has 0 aliphatic carbocycles. The Labute approximate surface area is 143 Å². The molecule has 0 saturated heterocycles. The van der Waals surface area contributed by atoms with Crippen molar-refractivity contribution in [1.82, 2.24) is 9.38 Å². The molecule has 0 radical (unpaired) electrons. The summed E-state index contributed by atoms with van der Waals surface area (Å²) in [6.45, 7) is 2.85. The highest BCUT2D eigenvalue weighted by Gasteiger charge is 2.22. The van der Waals surface area contributed by atoms with Gasteiger partial charge in [0.25, 0.3) is 5.56 Å². The summed E-state index contributed by atoms with van der Waals surface area (Å²) in [7, 11) is 0. The lowest BCUT2D eigenvalue weighted by atomic mass is 10.0. The normalized spacial score (nSPS) is 14.0. The van der Waals surface area contributed by atoms with Gasteiger partial charge in [-0.15, -0.1) is 0 Å². The molecule has 0 N–H and O–H groups in total. The highest BCUT2D eigenvalue weighted by Crippen LogP contribution is 2.31. The maximum absolute atomic E-state index is 14.3. The van der Waals surface area contributed by atoms with E-state index in [9.17, 15) is 13.6 Å². The molecule has 6 heteroatoms. The first-order valence-electron chi connectivity index (χ1n) is 8.24. The number of fused-ring (bicyclic) bond motifs is 2. The number of aryl methyl sites for hydroxylation is 2. The maximum Gasteiger partial charge on any atom is 0.258 e. The first-order chi connectivity index (χ1) is 12.0. The molecule has 0 spiro atoms. The third-order valence-corrected chi connectivity index (χ3v) is 4.59. The molecule has 0 unspecified atom stereocenters. The molecule has 2 aromatic heterocycles. The summed E-state index contributed by atoms with van der Waals surface area (Å²) in [6, 6.07) is 7.46. The van der Waals surface area contributed by atoms with Crippen molar-refractivity contribution in [3.8, 4) is 0 Å². The Morgan fingerprint density at radius 3 is 2.92 bits per heavy atom. The van der Waals surface area contributed by atoms with Gasteiger partial charge < -0.3 is 4.90 Å². The molecule has 4 nitrogen and oxygen atoms in total. The number of pyridine rings is 1. The second kappa shape index (κ2) is 5.95. The molecule has 4 rings (SSSR count). The van der Waals surface area contributed by atoms with Crippen LogP contribution >= 0.6 is 0 Å². The average Bonchev–Trinajstić information content (AvgIpc) is 2.55. The van der Waals surface area contributed by atoms with Crippen molar-refractivity contribution < 1.29 is 8.78 Å². The van der Waals surface area contributed by atoms with Gasteiger partial charge in [-0.3, -0.25) is 9.20 Å². The summed E-state index contributed by atoms with van der Waals surface area (Å²) < 4.78 is 29.3. The minimum absolute atomic E-state index is 0.166. The van der Waals surface area contributed by atoms with Crippen LogP contribution in [0.4, 0.5) is 14.5 Å². The highest BCUT2D eigenvalue weighted by atomic mass is 19.1. The van der Waals surface area contributed by atoms with Gasteiger partial charge in [-0.2, -0.15) is 0 Å². The minimum Gasteiger partial charge on any atom is -0.363 e. The van der Waals surface area contributed by atoms with Crippen LogP contribution in [-0.4, -0.2) is 15.9 Å². The predicted octanol–water partition coefficient (Wildman–Crippen LogP) is 3.23. The van der Waals surface area contributed by atoms with Gasteiger partial charge in [0.1, 0.15) is 17.3 Å². The molecule has 1 aromatic carbocycles. The van der Waals surface area contributed by atoms with Crippen LogP contribution < -0.4 is 10.5 Å². The monoisotopic (exact) mass is 341 g/mol. The molecule has 128 valence electrons. The Morgan fingerprint density at radius 1 is 1.24 bits per heavy atom. The number of rotatable bonds is 2. The zero-order valence-corrected chi connectivity index (χ0v) is 13.8. The van der Waals surface area contributed by atoms with Gasteiger partial charge in [0.15, 0.2) is 0 Å². The van der Waals surface area contributed by atoms with Gasteiger partial charge in [0.05, 0.1) is 17.9 Å². The Kier molecular flexibility index (Phi) is 3.75. The average molecular weight is 341 g/mol. The van der Waals surface area contributed by atoms with E-state index >= 15 is 0 Å². The van der Waals surface area contributed by atoms with Gasteiger partial charge in [-0.25, -0.2) is 13.8 Å². The number of benzene rings is 1. The van der Waals surface area contributed by atoms with Crippen LogP contribution in [0.15, 0.2) is 41.3 Å². The van der Waals surface area contributed by atoms with E-state index in [-0.39, 0.29) is 5.56 Å². The van der Waals surface area contributed by atoms with Crippen LogP contribution in [0.3, 0.4) is 0 Å². The highest BCUT2D eigenvalue weighted by molar-refractivity contribution is 5.57. The molecule has 0 saturated carbocycles. The summed E-state index contributed by atoms with van der Waals surface area (Å²) in [5, 5.41) is 0. The fourth-order valence-electron chi connectivity index (χ4n) is 3.48. The van der Waals surface area contributed by atoms with Gasteiger partial charge in [0, 0.05) is 24.9 Å². The zero-order valence-electron chi connectivity index (χ0n) is 13.8. The van der Waals surface area contributed by atoms with Gasteiger partial charge in [-0.05, 0) is 43.0 Å². The lowest BCUT2D eigenvalue weighted by molar-refractivity contribution is 0.561. The summed E-state index contributed by atoms with van der Waals surface area (Å²) in [5.41, 5.74) is 2.99. The Bertz CT molecular complexity index is 1030. The molecule has 0 bridgehead atoms.